The van der Waals surface area contributed by atoms with Crippen molar-refractivity contribution < 1.29 is 4.74 Å². The molecule has 0 heterocycles. The highest BCUT2D eigenvalue weighted by molar-refractivity contribution is 7.80. The second kappa shape index (κ2) is 5.92. The summed E-state index contributed by atoms with van der Waals surface area (Å²) in [5.41, 5.74) is 6.19. The van der Waals surface area contributed by atoms with Gasteiger partial charge in [0.2, 0.25) is 0 Å². The number of ether oxygens (including phenoxy) is 1. The van der Waals surface area contributed by atoms with Crippen molar-refractivity contribution in [3.8, 4) is 5.75 Å². The Labute approximate surface area is 99.5 Å². The summed E-state index contributed by atoms with van der Waals surface area (Å²) in [5, 5.41) is 12.9. The number of thiocarbonyl (C=S) groups is 1. The Kier molecular flexibility index (Phi) is 4.53. The maximum atomic E-state index is 7.47. The van der Waals surface area contributed by atoms with Crippen molar-refractivity contribution in [3.05, 3.63) is 29.8 Å². The van der Waals surface area contributed by atoms with Gasteiger partial charge in [0, 0.05) is 12.1 Å². The lowest BCUT2D eigenvalue weighted by molar-refractivity contribution is 0.409. The summed E-state index contributed by atoms with van der Waals surface area (Å²) in [6.45, 7) is 0.471. The Hall–Kier alpha value is -1.82. The lowest BCUT2D eigenvalue weighted by atomic mass is 10.2. The molecule has 0 saturated heterocycles. The SMILES string of the molecule is COc1ccccc1CNC(=N)NC(N)=S. The molecule has 0 aromatic heterocycles. The van der Waals surface area contributed by atoms with Crippen LogP contribution >= 0.6 is 12.2 Å². The zero-order chi connectivity index (χ0) is 12.0. The van der Waals surface area contributed by atoms with Crippen molar-refractivity contribution in [2.75, 3.05) is 7.11 Å². The van der Waals surface area contributed by atoms with Crippen LogP contribution in [0.1, 0.15) is 5.56 Å². The van der Waals surface area contributed by atoms with E-state index in [0.29, 0.717) is 6.54 Å². The molecule has 0 bridgehead atoms. The van der Waals surface area contributed by atoms with Gasteiger partial charge in [0.15, 0.2) is 11.1 Å². The van der Waals surface area contributed by atoms with E-state index in [4.69, 9.17) is 15.9 Å². The zero-order valence-corrected chi connectivity index (χ0v) is 9.73. The van der Waals surface area contributed by atoms with Gasteiger partial charge in [0.1, 0.15) is 5.75 Å². The average molecular weight is 238 g/mol. The third-order valence-electron chi connectivity index (χ3n) is 1.90. The molecule has 0 saturated carbocycles. The fourth-order valence-electron chi connectivity index (χ4n) is 1.20. The Morgan fingerprint density at radius 3 is 2.81 bits per heavy atom. The largest absolute Gasteiger partial charge is 0.496 e. The van der Waals surface area contributed by atoms with Gasteiger partial charge in [0.05, 0.1) is 7.11 Å². The van der Waals surface area contributed by atoms with Crippen LogP contribution in [0.2, 0.25) is 0 Å². The highest BCUT2D eigenvalue weighted by Gasteiger charge is 2.02. The number of nitrogens with two attached hydrogens (primary N) is 1. The van der Waals surface area contributed by atoms with Gasteiger partial charge in [-0.1, -0.05) is 18.2 Å². The molecule has 0 spiro atoms. The van der Waals surface area contributed by atoms with Crippen LogP contribution in [-0.4, -0.2) is 18.2 Å². The molecule has 0 unspecified atom stereocenters. The van der Waals surface area contributed by atoms with Gasteiger partial charge >= 0.3 is 0 Å². The average Bonchev–Trinajstić information content (AvgIpc) is 2.26. The summed E-state index contributed by atoms with van der Waals surface area (Å²) in [7, 11) is 1.61. The highest BCUT2D eigenvalue weighted by atomic mass is 32.1. The molecule has 0 aliphatic rings. The van der Waals surface area contributed by atoms with Crippen LogP contribution in [0.3, 0.4) is 0 Å². The smallest absolute Gasteiger partial charge is 0.194 e. The Bertz CT molecular complexity index is 394. The first-order valence-corrected chi connectivity index (χ1v) is 5.05. The van der Waals surface area contributed by atoms with Crippen LogP contribution in [0.4, 0.5) is 0 Å². The number of methoxy groups -OCH3 is 1. The fraction of sp³-hybridized carbons (Fsp3) is 0.200. The van der Waals surface area contributed by atoms with E-state index >= 15 is 0 Å². The van der Waals surface area contributed by atoms with E-state index in [1.165, 1.54) is 0 Å². The monoisotopic (exact) mass is 238 g/mol. The molecular formula is C10H14N4OS. The molecular weight excluding hydrogens is 224 g/mol. The number of rotatable bonds is 3. The van der Waals surface area contributed by atoms with Gasteiger partial charge in [0.25, 0.3) is 0 Å². The summed E-state index contributed by atoms with van der Waals surface area (Å²) in [5.74, 6) is 0.844. The first-order chi connectivity index (χ1) is 7.63. The molecule has 1 aromatic carbocycles. The van der Waals surface area contributed by atoms with E-state index in [1.807, 2.05) is 24.3 Å². The van der Waals surface area contributed by atoms with Crippen LogP contribution < -0.4 is 21.1 Å². The van der Waals surface area contributed by atoms with E-state index in [-0.39, 0.29) is 11.1 Å². The third kappa shape index (κ3) is 3.74. The number of guanidine groups is 1. The molecule has 0 aliphatic carbocycles. The number of nitrogens with one attached hydrogen (secondary N) is 3. The molecule has 0 fully saturated rings. The van der Waals surface area contributed by atoms with E-state index in [0.717, 1.165) is 11.3 Å². The van der Waals surface area contributed by atoms with Crippen molar-refractivity contribution in [3.63, 3.8) is 0 Å². The van der Waals surface area contributed by atoms with E-state index in [2.05, 4.69) is 22.9 Å². The number of para-hydroxylation sites is 1. The van der Waals surface area contributed by atoms with Gasteiger partial charge in [-0.15, -0.1) is 0 Å². The molecule has 0 amide bonds. The number of hydrogen-bond donors (Lipinski definition) is 4. The minimum Gasteiger partial charge on any atom is -0.496 e. The Balaban J connectivity index is 2.54. The van der Waals surface area contributed by atoms with Crippen LogP contribution in [0, 0.1) is 5.41 Å². The molecule has 16 heavy (non-hydrogen) atoms. The quantitative estimate of drug-likeness (QED) is 0.351. The topological polar surface area (TPSA) is 83.2 Å². The third-order valence-corrected chi connectivity index (χ3v) is 2.00. The van der Waals surface area contributed by atoms with Gasteiger partial charge in [-0.05, 0) is 18.3 Å². The number of hydrogen-bond acceptors (Lipinski definition) is 3. The zero-order valence-electron chi connectivity index (χ0n) is 8.91. The summed E-state index contributed by atoms with van der Waals surface area (Å²) in [4.78, 5) is 0. The predicted molar refractivity (Wildman–Crippen MR) is 67.5 cm³/mol. The van der Waals surface area contributed by atoms with Crippen molar-refractivity contribution >= 4 is 23.3 Å². The van der Waals surface area contributed by atoms with Gasteiger partial charge in [-0.3, -0.25) is 5.41 Å². The molecule has 86 valence electrons. The Morgan fingerprint density at radius 2 is 2.19 bits per heavy atom. The number of benzene rings is 1. The van der Waals surface area contributed by atoms with E-state index in [9.17, 15) is 0 Å². The second-order valence-corrected chi connectivity index (χ2v) is 3.47. The van der Waals surface area contributed by atoms with Crippen LogP contribution in [-0.2, 0) is 6.54 Å². The second-order valence-electron chi connectivity index (χ2n) is 3.03. The van der Waals surface area contributed by atoms with E-state index < -0.39 is 0 Å². The first kappa shape index (κ1) is 12.3. The maximum absolute atomic E-state index is 7.47. The van der Waals surface area contributed by atoms with Crippen molar-refractivity contribution in [2.45, 2.75) is 6.54 Å². The Morgan fingerprint density at radius 1 is 1.50 bits per heavy atom. The van der Waals surface area contributed by atoms with Crippen LogP contribution in [0.25, 0.3) is 0 Å². The van der Waals surface area contributed by atoms with Crippen molar-refractivity contribution in [1.82, 2.24) is 10.6 Å². The highest BCUT2D eigenvalue weighted by Crippen LogP contribution is 2.16. The maximum Gasteiger partial charge on any atom is 0.194 e. The summed E-state index contributed by atoms with van der Waals surface area (Å²) in [6, 6.07) is 7.58. The molecule has 5 N–H and O–H groups in total. The van der Waals surface area contributed by atoms with Crippen LogP contribution in [0.5, 0.6) is 5.75 Å². The predicted octanol–water partition coefficient (Wildman–Crippen LogP) is 0.553. The minimum absolute atomic E-state index is 0.0672. The molecule has 0 atom stereocenters. The first-order valence-electron chi connectivity index (χ1n) is 4.64. The van der Waals surface area contributed by atoms with Gasteiger partial charge in [-0.2, -0.15) is 0 Å². The van der Waals surface area contributed by atoms with Gasteiger partial charge < -0.3 is 21.1 Å². The fourth-order valence-corrected chi connectivity index (χ4v) is 1.30. The molecule has 1 aromatic rings. The molecule has 0 aliphatic heterocycles. The summed E-state index contributed by atoms with van der Waals surface area (Å²) < 4.78 is 5.18. The van der Waals surface area contributed by atoms with Crippen molar-refractivity contribution in [1.29, 1.82) is 5.41 Å². The van der Waals surface area contributed by atoms with Crippen molar-refractivity contribution in [2.24, 2.45) is 5.73 Å². The molecule has 6 heteroatoms. The molecule has 1 rings (SSSR count). The summed E-state index contributed by atoms with van der Waals surface area (Å²) >= 11 is 4.61. The normalized spacial score (nSPS) is 9.31. The lowest BCUT2D eigenvalue weighted by Crippen LogP contribution is -2.42. The van der Waals surface area contributed by atoms with E-state index in [1.54, 1.807) is 7.11 Å². The molecule has 0 radical (unpaired) electrons. The molecule has 5 nitrogen and oxygen atoms in total. The standard InChI is InChI=1S/C10H14N4OS/c1-15-8-5-3-2-4-7(8)6-13-9(11)14-10(12)16/h2-5H,6H2,1H3,(H5,11,12,13,14,16). The lowest BCUT2D eigenvalue weighted by Gasteiger charge is -2.11. The summed E-state index contributed by atoms with van der Waals surface area (Å²) in [6.07, 6.45) is 0. The minimum atomic E-state index is 0.0672. The van der Waals surface area contributed by atoms with Crippen LogP contribution in [0.15, 0.2) is 24.3 Å². The van der Waals surface area contributed by atoms with Gasteiger partial charge in [-0.25, -0.2) is 0 Å².